The fourth-order valence-electron chi connectivity index (χ4n) is 4.44. The molecule has 182 valence electrons. The second-order valence-electron chi connectivity index (χ2n) is 8.70. The Morgan fingerprint density at radius 1 is 0.886 bits per heavy atom. The van der Waals surface area contributed by atoms with Gasteiger partial charge in [0.05, 0.1) is 16.7 Å². The normalized spacial score (nSPS) is 16.6. The standard InChI is InChI=1S/C24H28N8O3/c33-32(34)20-10-4-3-9-19(20)21-12-11-18(35-21)17-25-29-22-26-23(30-13-5-1-6-14-30)28-24(27-22)31-15-7-2-8-16-31/h3-4,9-12,17H,1-2,5-8,13-16H2,(H,26,27,28,29)/b25-17+. The highest BCUT2D eigenvalue weighted by Crippen LogP contribution is 2.30. The van der Waals surface area contributed by atoms with Crippen LogP contribution in [0, 0.1) is 10.1 Å². The van der Waals surface area contributed by atoms with Crippen molar-refractivity contribution in [1.29, 1.82) is 0 Å². The lowest BCUT2D eigenvalue weighted by Crippen LogP contribution is -2.34. The van der Waals surface area contributed by atoms with Crippen molar-refractivity contribution in [3.8, 4) is 11.3 Å². The Labute approximate surface area is 203 Å². The van der Waals surface area contributed by atoms with E-state index in [0.717, 1.165) is 51.9 Å². The molecule has 2 aliphatic heterocycles. The third-order valence-corrected chi connectivity index (χ3v) is 6.24. The number of para-hydroxylation sites is 1. The lowest BCUT2D eigenvalue weighted by molar-refractivity contribution is -0.384. The summed E-state index contributed by atoms with van der Waals surface area (Å²) in [5.74, 6) is 2.58. The predicted molar refractivity (Wildman–Crippen MR) is 134 cm³/mol. The zero-order valence-electron chi connectivity index (χ0n) is 19.5. The Hall–Kier alpha value is -4.02. The summed E-state index contributed by atoms with van der Waals surface area (Å²) in [6.07, 6.45) is 8.49. The molecule has 4 heterocycles. The van der Waals surface area contributed by atoms with E-state index < -0.39 is 4.92 Å². The van der Waals surface area contributed by atoms with Crippen LogP contribution in [-0.2, 0) is 0 Å². The Kier molecular flexibility index (Phi) is 6.82. The third-order valence-electron chi connectivity index (χ3n) is 6.24. The van der Waals surface area contributed by atoms with Crippen molar-refractivity contribution in [2.75, 3.05) is 41.4 Å². The van der Waals surface area contributed by atoms with E-state index in [1.807, 2.05) is 0 Å². The van der Waals surface area contributed by atoms with E-state index in [-0.39, 0.29) is 5.69 Å². The van der Waals surface area contributed by atoms with Crippen molar-refractivity contribution in [1.82, 2.24) is 15.0 Å². The van der Waals surface area contributed by atoms with Gasteiger partial charge in [-0.3, -0.25) is 10.1 Å². The Morgan fingerprint density at radius 2 is 1.51 bits per heavy atom. The topological polar surface area (TPSA) is 126 Å². The number of piperidine rings is 2. The first kappa shape index (κ1) is 22.8. The molecule has 1 N–H and O–H groups in total. The number of anilines is 3. The molecule has 2 fully saturated rings. The van der Waals surface area contributed by atoms with Crippen molar-refractivity contribution < 1.29 is 9.34 Å². The van der Waals surface area contributed by atoms with Crippen LogP contribution < -0.4 is 15.2 Å². The largest absolute Gasteiger partial charge is 0.455 e. The highest BCUT2D eigenvalue weighted by atomic mass is 16.6. The first-order valence-electron chi connectivity index (χ1n) is 12.1. The minimum Gasteiger partial charge on any atom is -0.455 e. The molecule has 0 spiro atoms. The van der Waals surface area contributed by atoms with E-state index in [2.05, 4.69) is 30.3 Å². The molecule has 0 unspecified atom stereocenters. The molecule has 0 atom stereocenters. The summed E-state index contributed by atoms with van der Waals surface area (Å²) < 4.78 is 5.77. The molecule has 0 bridgehead atoms. The van der Waals surface area contributed by atoms with Gasteiger partial charge in [0.25, 0.3) is 5.69 Å². The van der Waals surface area contributed by atoms with Gasteiger partial charge in [0.15, 0.2) is 0 Å². The first-order chi connectivity index (χ1) is 17.2. The Morgan fingerprint density at radius 3 is 2.14 bits per heavy atom. The first-order valence-corrected chi connectivity index (χ1v) is 12.1. The molecule has 2 aliphatic rings. The second kappa shape index (κ2) is 10.5. The summed E-state index contributed by atoms with van der Waals surface area (Å²) in [6.45, 7) is 3.75. The monoisotopic (exact) mass is 476 g/mol. The van der Waals surface area contributed by atoms with Crippen molar-refractivity contribution >= 4 is 29.7 Å². The lowest BCUT2D eigenvalue weighted by atomic mass is 10.1. The number of hydrazone groups is 1. The number of hydrogen-bond acceptors (Lipinski definition) is 10. The maximum Gasteiger partial charge on any atom is 0.280 e. The summed E-state index contributed by atoms with van der Waals surface area (Å²) in [4.78, 5) is 29.3. The fourth-order valence-corrected chi connectivity index (χ4v) is 4.44. The van der Waals surface area contributed by atoms with Gasteiger partial charge in [0.2, 0.25) is 17.8 Å². The number of furan rings is 1. The molecule has 3 aromatic rings. The van der Waals surface area contributed by atoms with Crippen LogP contribution in [0.2, 0.25) is 0 Å². The molecule has 35 heavy (non-hydrogen) atoms. The second-order valence-corrected chi connectivity index (χ2v) is 8.70. The van der Waals surface area contributed by atoms with Gasteiger partial charge in [0.1, 0.15) is 11.5 Å². The maximum absolute atomic E-state index is 11.3. The highest BCUT2D eigenvalue weighted by Gasteiger charge is 2.20. The number of aromatic nitrogens is 3. The van der Waals surface area contributed by atoms with E-state index >= 15 is 0 Å². The molecule has 11 nitrogen and oxygen atoms in total. The smallest absolute Gasteiger partial charge is 0.280 e. The average molecular weight is 477 g/mol. The van der Waals surface area contributed by atoms with Gasteiger partial charge in [-0.15, -0.1) is 0 Å². The van der Waals surface area contributed by atoms with Crippen LogP contribution in [0.15, 0.2) is 45.9 Å². The van der Waals surface area contributed by atoms with Crippen molar-refractivity contribution in [2.24, 2.45) is 5.10 Å². The SMILES string of the molecule is O=[N+]([O-])c1ccccc1-c1ccc(/C=N/Nc2nc(N3CCCCC3)nc(N3CCCCC3)n2)o1. The van der Waals surface area contributed by atoms with Crippen LogP contribution in [0.4, 0.5) is 23.5 Å². The minimum atomic E-state index is -0.423. The number of rotatable bonds is 7. The van der Waals surface area contributed by atoms with Gasteiger partial charge in [-0.2, -0.15) is 20.1 Å². The van der Waals surface area contributed by atoms with Crippen LogP contribution in [0.3, 0.4) is 0 Å². The van der Waals surface area contributed by atoms with Crippen molar-refractivity contribution in [3.63, 3.8) is 0 Å². The minimum absolute atomic E-state index is 0.0101. The molecule has 11 heteroatoms. The number of nitro groups is 1. The summed E-state index contributed by atoms with van der Waals surface area (Å²) in [7, 11) is 0. The van der Waals surface area contributed by atoms with Gasteiger partial charge in [-0.1, -0.05) is 12.1 Å². The van der Waals surface area contributed by atoms with E-state index in [1.54, 1.807) is 30.3 Å². The summed E-state index contributed by atoms with van der Waals surface area (Å²) in [5.41, 5.74) is 3.32. The zero-order valence-corrected chi connectivity index (χ0v) is 19.5. The quantitative estimate of drug-likeness (QED) is 0.299. The predicted octanol–water partition coefficient (Wildman–Crippen LogP) is 4.47. The van der Waals surface area contributed by atoms with Gasteiger partial charge >= 0.3 is 0 Å². The number of nitro benzene ring substituents is 1. The molecular formula is C24H28N8O3. The molecule has 0 saturated carbocycles. The maximum atomic E-state index is 11.3. The van der Waals surface area contributed by atoms with Crippen LogP contribution >= 0.6 is 0 Å². The van der Waals surface area contributed by atoms with E-state index in [0.29, 0.717) is 34.9 Å². The highest BCUT2D eigenvalue weighted by molar-refractivity contribution is 5.79. The average Bonchev–Trinajstić information content (AvgIpc) is 3.38. The van der Waals surface area contributed by atoms with Crippen LogP contribution in [-0.4, -0.2) is 52.3 Å². The van der Waals surface area contributed by atoms with Crippen molar-refractivity contribution in [3.05, 3.63) is 52.3 Å². The molecule has 2 aromatic heterocycles. The Bertz CT molecular complexity index is 1160. The molecule has 2 saturated heterocycles. The number of benzene rings is 1. The molecular weight excluding hydrogens is 448 g/mol. The van der Waals surface area contributed by atoms with Gasteiger partial charge in [-0.25, -0.2) is 5.43 Å². The van der Waals surface area contributed by atoms with Crippen molar-refractivity contribution in [2.45, 2.75) is 38.5 Å². The summed E-state index contributed by atoms with van der Waals surface area (Å²) >= 11 is 0. The van der Waals surface area contributed by atoms with E-state index in [1.165, 1.54) is 25.1 Å². The van der Waals surface area contributed by atoms with E-state index in [9.17, 15) is 10.1 Å². The van der Waals surface area contributed by atoms with Crippen LogP contribution in [0.25, 0.3) is 11.3 Å². The molecule has 0 radical (unpaired) electrons. The summed E-state index contributed by atoms with van der Waals surface area (Å²) in [6, 6.07) is 9.88. The van der Waals surface area contributed by atoms with E-state index in [4.69, 9.17) is 9.40 Å². The third kappa shape index (κ3) is 5.39. The van der Waals surface area contributed by atoms with Gasteiger partial charge in [-0.05, 0) is 56.7 Å². The van der Waals surface area contributed by atoms with Gasteiger partial charge < -0.3 is 14.2 Å². The lowest BCUT2D eigenvalue weighted by Gasteiger charge is -2.30. The van der Waals surface area contributed by atoms with Crippen LogP contribution in [0.5, 0.6) is 0 Å². The van der Waals surface area contributed by atoms with Crippen LogP contribution in [0.1, 0.15) is 44.3 Å². The number of hydrogen-bond donors (Lipinski definition) is 1. The fraction of sp³-hybridized carbons (Fsp3) is 0.417. The molecule has 1 aromatic carbocycles. The molecule has 0 aliphatic carbocycles. The summed E-state index contributed by atoms with van der Waals surface area (Å²) in [5, 5.41) is 15.6. The zero-order chi connectivity index (χ0) is 24.0. The number of nitrogens with one attached hydrogen (secondary N) is 1. The Balaban J connectivity index is 1.34. The molecule has 0 amide bonds. The number of nitrogens with zero attached hydrogens (tertiary/aromatic N) is 7. The molecule has 5 rings (SSSR count). The van der Waals surface area contributed by atoms with Gasteiger partial charge in [0, 0.05) is 32.2 Å².